The highest BCUT2D eigenvalue weighted by atomic mass is 32.2. The van der Waals surface area contributed by atoms with Crippen LogP contribution in [0, 0.1) is 12.8 Å². The number of sulfonamides is 1. The van der Waals surface area contributed by atoms with Crippen LogP contribution in [0.3, 0.4) is 0 Å². The van der Waals surface area contributed by atoms with Gasteiger partial charge in [0.25, 0.3) is 0 Å². The minimum absolute atomic E-state index is 0.0573. The van der Waals surface area contributed by atoms with Crippen LogP contribution in [0.15, 0.2) is 29.2 Å². The van der Waals surface area contributed by atoms with E-state index in [4.69, 9.17) is 0 Å². The lowest BCUT2D eigenvalue weighted by atomic mass is 10.1. The molecule has 0 radical (unpaired) electrons. The summed E-state index contributed by atoms with van der Waals surface area (Å²) in [5, 5.41) is 2.96. The van der Waals surface area contributed by atoms with Gasteiger partial charge in [0.2, 0.25) is 15.9 Å². The molecule has 0 saturated heterocycles. The Balaban J connectivity index is 2.20. The summed E-state index contributed by atoms with van der Waals surface area (Å²) >= 11 is 0. The van der Waals surface area contributed by atoms with Crippen molar-refractivity contribution in [3.63, 3.8) is 0 Å². The van der Waals surface area contributed by atoms with Crippen molar-refractivity contribution in [2.24, 2.45) is 5.92 Å². The van der Waals surface area contributed by atoms with Gasteiger partial charge in [-0.15, -0.1) is 0 Å². The molecular weight excluding hydrogens is 336 g/mol. The van der Waals surface area contributed by atoms with E-state index >= 15 is 0 Å². The number of aryl methyl sites for hydroxylation is 1. The molecule has 0 aliphatic heterocycles. The Hall–Kier alpha value is -1.40. The van der Waals surface area contributed by atoms with E-state index in [1.807, 2.05) is 46.8 Å². The number of hydrogen-bond acceptors (Lipinski definition) is 3. The average Bonchev–Trinajstić information content (AvgIpc) is 3.26. The number of rotatable bonds is 7. The van der Waals surface area contributed by atoms with Gasteiger partial charge in [-0.2, -0.15) is 4.31 Å². The normalized spacial score (nSPS) is 20.6. The Bertz CT molecular complexity index is 705. The zero-order chi connectivity index (χ0) is 18.8. The maximum absolute atomic E-state index is 13.1. The summed E-state index contributed by atoms with van der Waals surface area (Å²) in [7, 11) is -3.58. The average molecular weight is 367 g/mol. The molecule has 0 aromatic heterocycles. The summed E-state index contributed by atoms with van der Waals surface area (Å²) in [6, 6.07) is 6.68. The number of nitrogens with one attached hydrogen (secondary N) is 1. The standard InChI is InChI=1S/C19H30N2O3S/c1-6-7-12-21(17-13-16(17)18(22)20-19(3,4)5)25(23,24)15-10-8-14(2)9-11-15/h8-11,16-17H,6-7,12-13H2,1-5H3,(H,20,22)/t16-,17-/m1/s1. The van der Waals surface area contributed by atoms with Gasteiger partial charge in [0.1, 0.15) is 0 Å². The van der Waals surface area contributed by atoms with E-state index in [0.717, 1.165) is 18.4 Å². The molecular formula is C19H30N2O3S. The lowest BCUT2D eigenvalue weighted by molar-refractivity contribution is -0.124. The minimum atomic E-state index is -3.58. The van der Waals surface area contributed by atoms with Crippen molar-refractivity contribution in [1.29, 1.82) is 0 Å². The van der Waals surface area contributed by atoms with E-state index in [0.29, 0.717) is 17.9 Å². The number of hydrogen-bond donors (Lipinski definition) is 1. The topological polar surface area (TPSA) is 66.5 Å². The van der Waals surface area contributed by atoms with Crippen LogP contribution in [0.2, 0.25) is 0 Å². The molecule has 5 nitrogen and oxygen atoms in total. The highest BCUT2D eigenvalue weighted by Gasteiger charge is 2.51. The van der Waals surface area contributed by atoms with Gasteiger partial charge in [-0.3, -0.25) is 4.79 Å². The van der Waals surface area contributed by atoms with Crippen molar-refractivity contribution in [2.45, 2.75) is 70.4 Å². The van der Waals surface area contributed by atoms with Gasteiger partial charge in [0.15, 0.2) is 0 Å². The third-order valence-electron chi connectivity index (χ3n) is 4.32. The van der Waals surface area contributed by atoms with E-state index in [1.54, 1.807) is 12.1 Å². The number of nitrogens with zero attached hydrogens (tertiary/aromatic N) is 1. The van der Waals surface area contributed by atoms with Gasteiger partial charge in [0.05, 0.1) is 10.8 Å². The smallest absolute Gasteiger partial charge is 0.243 e. The fourth-order valence-electron chi connectivity index (χ4n) is 2.87. The van der Waals surface area contributed by atoms with Crippen LogP contribution in [0.1, 0.15) is 52.5 Å². The van der Waals surface area contributed by atoms with Crippen molar-refractivity contribution in [2.75, 3.05) is 6.54 Å². The van der Waals surface area contributed by atoms with Crippen LogP contribution in [-0.4, -0.2) is 36.8 Å². The molecule has 1 saturated carbocycles. The Morgan fingerprint density at radius 3 is 2.36 bits per heavy atom. The number of amides is 1. The number of carbonyl (C=O) groups excluding carboxylic acids is 1. The quantitative estimate of drug-likeness (QED) is 0.806. The van der Waals surface area contributed by atoms with Crippen LogP contribution < -0.4 is 5.32 Å². The molecule has 0 spiro atoms. The SMILES string of the molecule is CCCCN([C@@H]1C[C@H]1C(=O)NC(C)(C)C)S(=O)(=O)c1ccc(C)cc1. The van der Waals surface area contributed by atoms with Crippen molar-refractivity contribution < 1.29 is 13.2 Å². The second kappa shape index (κ2) is 7.46. The molecule has 0 bridgehead atoms. The Kier molecular flexibility index (Phi) is 5.94. The lowest BCUT2D eigenvalue weighted by Crippen LogP contribution is -2.43. The van der Waals surface area contributed by atoms with E-state index in [9.17, 15) is 13.2 Å². The summed E-state index contributed by atoms with van der Waals surface area (Å²) in [5.74, 6) is -0.311. The summed E-state index contributed by atoms with van der Waals surface area (Å²) in [5.41, 5.74) is 0.710. The van der Waals surface area contributed by atoms with Gasteiger partial charge in [0, 0.05) is 18.1 Å². The largest absolute Gasteiger partial charge is 0.351 e. The highest BCUT2D eigenvalue weighted by Crippen LogP contribution is 2.39. The van der Waals surface area contributed by atoms with Crippen molar-refractivity contribution >= 4 is 15.9 Å². The fourth-order valence-corrected chi connectivity index (χ4v) is 4.58. The maximum Gasteiger partial charge on any atom is 0.243 e. The molecule has 1 aromatic carbocycles. The third-order valence-corrected chi connectivity index (χ3v) is 6.26. The molecule has 1 fully saturated rings. The predicted octanol–water partition coefficient (Wildman–Crippen LogP) is 3.09. The second-order valence-corrected chi connectivity index (χ2v) is 9.82. The summed E-state index contributed by atoms with van der Waals surface area (Å²) in [6.07, 6.45) is 2.29. The zero-order valence-electron chi connectivity index (χ0n) is 15.9. The number of benzene rings is 1. The molecule has 0 unspecified atom stereocenters. The van der Waals surface area contributed by atoms with Crippen LogP contribution in [0.5, 0.6) is 0 Å². The van der Waals surface area contributed by atoms with Crippen molar-refractivity contribution in [1.82, 2.24) is 9.62 Å². The molecule has 6 heteroatoms. The molecule has 1 amide bonds. The molecule has 0 heterocycles. The maximum atomic E-state index is 13.1. The fraction of sp³-hybridized carbons (Fsp3) is 0.632. The zero-order valence-corrected chi connectivity index (χ0v) is 16.7. The van der Waals surface area contributed by atoms with Gasteiger partial charge < -0.3 is 5.32 Å². The van der Waals surface area contributed by atoms with Gasteiger partial charge in [-0.05, 0) is 52.7 Å². The summed E-state index contributed by atoms with van der Waals surface area (Å²) < 4.78 is 27.7. The molecule has 1 aliphatic carbocycles. The first-order valence-corrected chi connectivity index (χ1v) is 10.4. The Morgan fingerprint density at radius 1 is 1.24 bits per heavy atom. The Labute approximate surface area is 151 Å². The van der Waals surface area contributed by atoms with Crippen LogP contribution >= 0.6 is 0 Å². The van der Waals surface area contributed by atoms with Gasteiger partial charge in [-0.25, -0.2) is 8.42 Å². The summed E-state index contributed by atoms with van der Waals surface area (Å²) in [4.78, 5) is 12.7. The molecule has 2 atom stereocenters. The molecule has 25 heavy (non-hydrogen) atoms. The molecule has 140 valence electrons. The van der Waals surface area contributed by atoms with Crippen LogP contribution in [0.4, 0.5) is 0 Å². The van der Waals surface area contributed by atoms with E-state index in [2.05, 4.69) is 5.32 Å². The number of unbranched alkanes of at least 4 members (excludes halogenated alkanes) is 1. The van der Waals surface area contributed by atoms with E-state index in [1.165, 1.54) is 4.31 Å². The first kappa shape index (κ1) is 19.9. The van der Waals surface area contributed by atoms with E-state index in [-0.39, 0.29) is 23.4 Å². The van der Waals surface area contributed by atoms with Crippen molar-refractivity contribution in [3.05, 3.63) is 29.8 Å². The van der Waals surface area contributed by atoms with Crippen molar-refractivity contribution in [3.8, 4) is 0 Å². The van der Waals surface area contributed by atoms with Crippen LogP contribution in [-0.2, 0) is 14.8 Å². The lowest BCUT2D eigenvalue weighted by Gasteiger charge is -2.24. The second-order valence-electron chi connectivity index (χ2n) is 7.93. The minimum Gasteiger partial charge on any atom is -0.351 e. The molecule has 1 N–H and O–H groups in total. The third kappa shape index (κ3) is 5.05. The Morgan fingerprint density at radius 2 is 1.84 bits per heavy atom. The molecule has 1 aliphatic rings. The van der Waals surface area contributed by atoms with Gasteiger partial charge >= 0.3 is 0 Å². The highest BCUT2D eigenvalue weighted by molar-refractivity contribution is 7.89. The first-order chi connectivity index (χ1) is 11.6. The van der Waals surface area contributed by atoms with E-state index < -0.39 is 10.0 Å². The number of carbonyl (C=O) groups is 1. The molecule has 2 rings (SSSR count). The van der Waals surface area contributed by atoms with Gasteiger partial charge in [-0.1, -0.05) is 31.0 Å². The predicted molar refractivity (Wildman–Crippen MR) is 99.8 cm³/mol. The van der Waals surface area contributed by atoms with Crippen LogP contribution in [0.25, 0.3) is 0 Å². The summed E-state index contributed by atoms with van der Waals surface area (Å²) in [6.45, 7) is 10.2. The monoisotopic (exact) mass is 366 g/mol. The molecule has 1 aromatic rings. The first-order valence-electron chi connectivity index (χ1n) is 8.97.